The molecule has 0 aromatic heterocycles. The summed E-state index contributed by atoms with van der Waals surface area (Å²) in [5.74, 6) is -0.117. The number of aliphatic hydroxyl groups is 1. The zero-order chi connectivity index (χ0) is 16.4. The predicted octanol–water partition coefficient (Wildman–Crippen LogP) is 4.68. The van der Waals surface area contributed by atoms with Crippen LogP contribution in [0.1, 0.15) is 40.3 Å². The summed E-state index contributed by atoms with van der Waals surface area (Å²) >= 11 is 0. The molecule has 0 fully saturated rings. The number of fused-ring (bicyclic) bond motifs is 1. The van der Waals surface area contributed by atoms with Crippen molar-refractivity contribution >= 4 is 6.21 Å². The summed E-state index contributed by atoms with van der Waals surface area (Å²) in [7, 11) is 0. The molecule has 2 nitrogen and oxygen atoms in total. The van der Waals surface area contributed by atoms with E-state index in [0.717, 1.165) is 22.3 Å². The molecule has 0 bridgehead atoms. The molecule has 2 heteroatoms. The molecule has 4 rings (SSSR count). The lowest BCUT2D eigenvalue weighted by Crippen LogP contribution is -2.17. The number of hydrogen-bond donors (Lipinski definition) is 1. The molecule has 24 heavy (non-hydrogen) atoms. The number of hydrogen-bond acceptors (Lipinski definition) is 2. The third-order valence-corrected chi connectivity index (χ3v) is 4.69. The van der Waals surface area contributed by atoms with Crippen LogP contribution in [0.25, 0.3) is 0 Å². The van der Waals surface area contributed by atoms with E-state index in [0.29, 0.717) is 0 Å². The molecule has 0 saturated heterocycles. The Morgan fingerprint density at radius 3 is 1.96 bits per heavy atom. The lowest BCUT2D eigenvalue weighted by molar-refractivity contribution is 0.133. The molecular formula is C22H19NO. The average molecular weight is 313 g/mol. The van der Waals surface area contributed by atoms with Gasteiger partial charge in [0.1, 0.15) is 0 Å². The third kappa shape index (κ3) is 2.66. The van der Waals surface area contributed by atoms with E-state index < -0.39 is 6.10 Å². The Bertz CT molecular complexity index is 842. The van der Waals surface area contributed by atoms with Crippen molar-refractivity contribution < 1.29 is 5.11 Å². The lowest BCUT2D eigenvalue weighted by Gasteiger charge is -2.28. The van der Waals surface area contributed by atoms with Crippen LogP contribution in [0.4, 0.5) is 0 Å². The summed E-state index contributed by atoms with van der Waals surface area (Å²) in [4.78, 5) is 4.86. The predicted molar refractivity (Wildman–Crippen MR) is 97.4 cm³/mol. The standard InChI is InChI=1S/C22H19NO/c24-22-19-14-8-7-13-18(19)15-23-21(17-11-5-2-6-12-17)20(22)16-9-3-1-4-10-16/h1-15,20-22,24H/t20-,21+,22?/m1/s1. The topological polar surface area (TPSA) is 32.6 Å². The Morgan fingerprint density at radius 1 is 0.667 bits per heavy atom. The van der Waals surface area contributed by atoms with E-state index in [-0.39, 0.29) is 12.0 Å². The first-order valence-electron chi connectivity index (χ1n) is 8.24. The quantitative estimate of drug-likeness (QED) is 0.732. The van der Waals surface area contributed by atoms with E-state index in [1.165, 1.54) is 0 Å². The van der Waals surface area contributed by atoms with Gasteiger partial charge in [0, 0.05) is 12.1 Å². The first kappa shape index (κ1) is 14.9. The Hall–Kier alpha value is -2.71. The van der Waals surface area contributed by atoms with Crippen LogP contribution in [0.15, 0.2) is 89.9 Å². The maximum atomic E-state index is 11.2. The molecule has 3 aromatic rings. The van der Waals surface area contributed by atoms with Gasteiger partial charge in [0.25, 0.3) is 0 Å². The molecule has 0 amide bonds. The third-order valence-electron chi connectivity index (χ3n) is 4.69. The summed E-state index contributed by atoms with van der Waals surface area (Å²) in [6, 6.07) is 28.3. The minimum atomic E-state index is -0.601. The van der Waals surface area contributed by atoms with Crippen LogP contribution in [-0.4, -0.2) is 11.3 Å². The van der Waals surface area contributed by atoms with Crippen LogP contribution in [0.2, 0.25) is 0 Å². The summed E-state index contributed by atoms with van der Waals surface area (Å²) < 4.78 is 0. The van der Waals surface area contributed by atoms with Crippen LogP contribution < -0.4 is 0 Å². The second-order valence-electron chi connectivity index (χ2n) is 6.14. The number of nitrogens with zero attached hydrogens (tertiary/aromatic N) is 1. The number of benzene rings is 3. The van der Waals surface area contributed by atoms with Crippen molar-refractivity contribution in [2.45, 2.75) is 18.1 Å². The van der Waals surface area contributed by atoms with Crippen LogP contribution >= 0.6 is 0 Å². The van der Waals surface area contributed by atoms with Crippen LogP contribution in [-0.2, 0) is 0 Å². The van der Waals surface area contributed by atoms with Crippen LogP contribution in [0.3, 0.4) is 0 Å². The zero-order valence-corrected chi connectivity index (χ0v) is 13.3. The molecule has 3 aromatic carbocycles. The van der Waals surface area contributed by atoms with Gasteiger partial charge >= 0.3 is 0 Å². The maximum Gasteiger partial charge on any atom is 0.0888 e. The lowest BCUT2D eigenvalue weighted by atomic mass is 9.81. The molecule has 1 unspecified atom stereocenters. The van der Waals surface area contributed by atoms with Gasteiger partial charge in [-0.05, 0) is 22.3 Å². The van der Waals surface area contributed by atoms with E-state index in [2.05, 4.69) is 24.3 Å². The molecule has 1 N–H and O–H groups in total. The number of aliphatic imine (C=N–C) groups is 1. The van der Waals surface area contributed by atoms with E-state index >= 15 is 0 Å². The molecule has 1 heterocycles. The highest BCUT2D eigenvalue weighted by Crippen LogP contribution is 2.45. The number of rotatable bonds is 2. The van der Waals surface area contributed by atoms with Crippen molar-refractivity contribution in [1.82, 2.24) is 0 Å². The number of aliphatic hydroxyl groups excluding tert-OH is 1. The second-order valence-corrected chi connectivity index (χ2v) is 6.14. The summed E-state index contributed by atoms with van der Waals surface area (Å²) in [5, 5.41) is 11.2. The molecule has 1 aliphatic rings. The van der Waals surface area contributed by atoms with Gasteiger partial charge in [0.05, 0.1) is 12.1 Å². The molecule has 0 spiro atoms. The Kier molecular flexibility index (Phi) is 3.97. The Morgan fingerprint density at radius 2 is 1.25 bits per heavy atom. The fourth-order valence-electron chi connectivity index (χ4n) is 3.50. The van der Waals surface area contributed by atoms with E-state index in [4.69, 9.17) is 4.99 Å². The summed E-state index contributed by atoms with van der Waals surface area (Å²) in [5.41, 5.74) is 4.15. The van der Waals surface area contributed by atoms with E-state index in [9.17, 15) is 5.11 Å². The normalized spacial score (nSPS) is 22.6. The average Bonchev–Trinajstić information content (AvgIpc) is 2.80. The SMILES string of the molecule is OC1c2ccccc2C=N[C@@H](c2ccccc2)[C@H]1c1ccccc1. The summed E-state index contributed by atoms with van der Waals surface area (Å²) in [6.07, 6.45) is 1.30. The molecule has 3 atom stereocenters. The highest BCUT2D eigenvalue weighted by Gasteiger charge is 2.34. The first-order valence-corrected chi connectivity index (χ1v) is 8.24. The van der Waals surface area contributed by atoms with Crippen molar-refractivity contribution in [3.63, 3.8) is 0 Å². The second kappa shape index (κ2) is 6.42. The smallest absolute Gasteiger partial charge is 0.0888 e. The van der Waals surface area contributed by atoms with Crippen molar-refractivity contribution in [3.8, 4) is 0 Å². The minimum absolute atomic E-state index is 0.115. The Balaban J connectivity index is 1.88. The highest BCUT2D eigenvalue weighted by molar-refractivity contribution is 5.83. The fraction of sp³-hybridized carbons (Fsp3) is 0.136. The maximum absolute atomic E-state index is 11.2. The largest absolute Gasteiger partial charge is 0.388 e. The van der Waals surface area contributed by atoms with Gasteiger partial charge in [0.2, 0.25) is 0 Å². The molecule has 118 valence electrons. The zero-order valence-electron chi connectivity index (χ0n) is 13.3. The molecule has 0 saturated carbocycles. The highest BCUT2D eigenvalue weighted by atomic mass is 16.3. The molecule has 0 aliphatic carbocycles. The monoisotopic (exact) mass is 313 g/mol. The van der Waals surface area contributed by atoms with Gasteiger partial charge in [-0.15, -0.1) is 0 Å². The first-order chi connectivity index (χ1) is 11.8. The van der Waals surface area contributed by atoms with Crippen LogP contribution in [0.5, 0.6) is 0 Å². The van der Waals surface area contributed by atoms with Gasteiger partial charge in [-0.1, -0.05) is 84.9 Å². The van der Waals surface area contributed by atoms with Crippen molar-refractivity contribution in [2.75, 3.05) is 0 Å². The van der Waals surface area contributed by atoms with Crippen molar-refractivity contribution in [2.24, 2.45) is 4.99 Å². The fourth-order valence-corrected chi connectivity index (χ4v) is 3.50. The minimum Gasteiger partial charge on any atom is -0.388 e. The Labute approximate surface area is 142 Å². The van der Waals surface area contributed by atoms with Gasteiger partial charge < -0.3 is 5.11 Å². The molecule has 0 radical (unpaired) electrons. The summed E-state index contributed by atoms with van der Waals surface area (Å²) in [6.45, 7) is 0. The molecule has 1 aliphatic heterocycles. The van der Waals surface area contributed by atoms with Crippen molar-refractivity contribution in [1.29, 1.82) is 0 Å². The van der Waals surface area contributed by atoms with Gasteiger partial charge in [-0.3, -0.25) is 4.99 Å². The van der Waals surface area contributed by atoms with Gasteiger partial charge in [-0.2, -0.15) is 0 Å². The molecular weight excluding hydrogens is 294 g/mol. The van der Waals surface area contributed by atoms with Crippen LogP contribution in [0, 0.1) is 0 Å². The van der Waals surface area contributed by atoms with E-state index in [1.54, 1.807) is 0 Å². The van der Waals surface area contributed by atoms with E-state index in [1.807, 2.05) is 66.9 Å². The van der Waals surface area contributed by atoms with Gasteiger partial charge in [-0.25, -0.2) is 0 Å². The van der Waals surface area contributed by atoms with Gasteiger partial charge in [0.15, 0.2) is 0 Å². The van der Waals surface area contributed by atoms with Crippen molar-refractivity contribution in [3.05, 3.63) is 107 Å².